The van der Waals surface area contributed by atoms with Crippen molar-refractivity contribution >= 4 is 17.8 Å². The zero-order chi connectivity index (χ0) is 19.4. The van der Waals surface area contributed by atoms with Gasteiger partial charge < -0.3 is 15.2 Å². The fraction of sp³-hybridized carbons (Fsp3) is 0.611. The first-order chi connectivity index (χ1) is 11.3. The molecule has 0 fully saturated rings. The van der Waals surface area contributed by atoms with E-state index in [2.05, 4.69) is 4.98 Å². The number of pyridine rings is 1. The molecule has 0 aliphatic rings. The van der Waals surface area contributed by atoms with E-state index in [9.17, 15) is 9.59 Å². The van der Waals surface area contributed by atoms with Gasteiger partial charge >= 0.3 is 6.09 Å². The highest BCUT2D eigenvalue weighted by molar-refractivity contribution is 5.95. The molecule has 0 saturated heterocycles. The van der Waals surface area contributed by atoms with Crippen molar-refractivity contribution in [1.82, 2.24) is 9.88 Å². The Balaban J connectivity index is 2.91. The highest BCUT2D eigenvalue weighted by atomic mass is 16.6. The van der Waals surface area contributed by atoms with Gasteiger partial charge in [-0.25, -0.2) is 14.7 Å². The van der Waals surface area contributed by atoms with Crippen LogP contribution < -0.4 is 5.73 Å². The number of imide groups is 1. The zero-order valence-electron chi connectivity index (χ0n) is 16.1. The molecule has 1 unspecified atom stereocenters. The maximum Gasteiger partial charge on any atom is 0.419 e. The van der Waals surface area contributed by atoms with Gasteiger partial charge in [0.1, 0.15) is 17.6 Å². The quantitative estimate of drug-likeness (QED) is 0.836. The van der Waals surface area contributed by atoms with E-state index in [0.29, 0.717) is 5.82 Å². The van der Waals surface area contributed by atoms with Gasteiger partial charge in [-0.1, -0.05) is 26.8 Å². The van der Waals surface area contributed by atoms with E-state index in [1.54, 1.807) is 66.8 Å². The summed E-state index contributed by atoms with van der Waals surface area (Å²) in [6, 6.07) is 3.44. The summed E-state index contributed by atoms with van der Waals surface area (Å²) in [6.07, 6.45) is 0.0697. The van der Waals surface area contributed by atoms with Gasteiger partial charge in [0.15, 0.2) is 0 Å². The second kappa shape index (κ2) is 7.82. The molecule has 140 valence electrons. The summed E-state index contributed by atoms with van der Waals surface area (Å²) in [6.45, 7) is 12.3. The van der Waals surface area contributed by atoms with Crippen LogP contribution in [-0.2, 0) is 20.9 Å². The Hall–Kier alpha value is -2.15. The number of nitrogen functional groups attached to an aromatic ring is 1. The fourth-order valence-electron chi connectivity index (χ4n) is 1.88. The van der Waals surface area contributed by atoms with Crippen molar-refractivity contribution in [2.45, 2.75) is 66.9 Å². The van der Waals surface area contributed by atoms with Crippen LogP contribution in [0.15, 0.2) is 18.3 Å². The van der Waals surface area contributed by atoms with E-state index >= 15 is 0 Å². The minimum atomic E-state index is -0.792. The summed E-state index contributed by atoms with van der Waals surface area (Å²) < 4.78 is 11.1. The SMILES string of the molecule is CC(OCc1ccc(N)nc1)N(C(=O)OC(C)(C)C)C(=O)C(C)(C)C. The second-order valence-electron chi connectivity index (χ2n) is 7.91. The number of anilines is 1. The van der Waals surface area contributed by atoms with Crippen molar-refractivity contribution in [2.24, 2.45) is 5.41 Å². The Morgan fingerprint density at radius 2 is 1.80 bits per heavy atom. The van der Waals surface area contributed by atoms with Crippen LogP contribution in [0.3, 0.4) is 0 Å². The largest absolute Gasteiger partial charge is 0.443 e. The maximum atomic E-state index is 12.7. The van der Waals surface area contributed by atoms with Crippen LogP contribution >= 0.6 is 0 Å². The van der Waals surface area contributed by atoms with Gasteiger partial charge in [0.25, 0.3) is 0 Å². The lowest BCUT2D eigenvalue weighted by atomic mass is 9.95. The Bertz CT molecular complexity index is 600. The number of nitrogens with two attached hydrogens (primary N) is 1. The zero-order valence-corrected chi connectivity index (χ0v) is 16.1. The third-order valence-corrected chi connectivity index (χ3v) is 3.15. The molecule has 0 aliphatic carbocycles. The molecule has 2 amide bonds. The predicted molar refractivity (Wildman–Crippen MR) is 95.4 cm³/mol. The van der Waals surface area contributed by atoms with Crippen molar-refractivity contribution in [3.8, 4) is 0 Å². The van der Waals surface area contributed by atoms with E-state index in [1.807, 2.05) is 0 Å². The molecule has 0 spiro atoms. The number of carbonyl (C=O) groups is 2. The smallest absolute Gasteiger partial charge is 0.419 e. The third kappa shape index (κ3) is 6.70. The van der Waals surface area contributed by atoms with Gasteiger partial charge in [-0.05, 0) is 39.3 Å². The normalized spacial score (nSPS) is 13.2. The van der Waals surface area contributed by atoms with Crippen molar-refractivity contribution in [2.75, 3.05) is 5.73 Å². The molecule has 0 radical (unpaired) electrons. The molecule has 25 heavy (non-hydrogen) atoms. The van der Waals surface area contributed by atoms with Crippen molar-refractivity contribution in [3.05, 3.63) is 23.9 Å². The summed E-state index contributed by atoms with van der Waals surface area (Å²) in [7, 11) is 0. The van der Waals surface area contributed by atoms with E-state index in [-0.39, 0.29) is 12.5 Å². The number of carbonyl (C=O) groups excluding carboxylic acids is 2. The lowest BCUT2D eigenvalue weighted by molar-refractivity contribution is -0.151. The minimum absolute atomic E-state index is 0.186. The molecule has 1 aromatic heterocycles. The van der Waals surface area contributed by atoms with E-state index < -0.39 is 23.3 Å². The molecule has 0 aromatic carbocycles. The third-order valence-electron chi connectivity index (χ3n) is 3.15. The van der Waals surface area contributed by atoms with Gasteiger partial charge in [-0.3, -0.25) is 4.79 Å². The van der Waals surface area contributed by atoms with Crippen LogP contribution in [0.25, 0.3) is 0 Å². The first kappa shape index (κ1) is 20.9. The van der Waals surface area contributed by atoms with Gasteiger partial charge in [0.05, 0.1) is 6.61 Å². The van der Waals surface area contributed by atoms with Crippen molar-refractivity contribution in [3.63, 3.8) is 0 Å². The van der Waals surface area contributed by atoms with Crippen LogP contribution in [-0.4, -0.2) is 33.7 Å². The number of hydrogen-bond donors (Lipinski definition) is 1. The van der Waals surface area contributed by atoms with Crippen LogP contribution in [0.1, 0.15) is 54.0 Å². The minimum Gasteiger partial charge on any atom is -0.443 e. The van der Waals surface area contributed by atoms with Crippen LogP contribution in [0.2, 0.25) is 0 Å². The van der Waals surface area contributed by atoms with Crippen LogP contribution in [0.5, 0.6) is 0 Å². The molecule has 1 heterocycles. The average molecular weight is 351 g/mol. The maximum absolute atomic E-state index is 12.7. The lowest BCUT2D eigenvalue weighted by Gasteiger charge is -2.33. The molecule has 1 rings (SSSR count). The molecule has 0 bridgehead atoms. The standard InChI is InChI=1S/C18H29N3O4/c1-12(24-11-13-8-9-14(19)20-10-13)21(15(22)17(2,3)4)16(23)25-18(5,6)7/h8-10,12H,11H2,1-7H3,(H2,19,20). The summed E-state index contributed by atoms with van der Waals surface area (Å²) in [5.74, 6) is 0.0415. The van der Waals surface area contributed by atoms with E-state index in [0.717, 1.165) is 10.5 Å². The summed E-state index contributed by atoms with van der Waals surface area (Å²) in [5, 5.41) is 0. The second-order valence-corrected chi connectivity index (χ2v) is 7.91. The molecule has 0 saturated carbocycles. The Labute approximate surface area is 149 Å². The monoisotopic (exact) mass is 351 g/mol. The highest BCUT2D eigenvalue weighted by Gasteiger charge is 2.37. The van der Waals surface area contributed by atoms with Crippen molar-refractivity contribution in [1.29, 1.82) is 0 Å². The fourth-order valence-corrected chi connectivity index (χ4v) is 1.88. The van der Waals surface area contributed by atoms with Gasteiger partial charge in [-0.2, -0.15) is 0 Å². The molecular formula is C18H29N3O4. The van der Waals surface area contributed by atoms with Crippen LogP contribution in [0.4, 0.5) is 10.6 Å². The van der Waals surface area contributed by atoms with Gasteiger partial charge in [0.2, 0.25) is 5.91 Å². The topological polar surface area (TPSA) is 94.8 Å². The molecule has 7 nitrogen and oxygen atoms in total. The number of hydrogen-bond acceptors (Lipinski definition) is 6. The number of nitrogens with zero attached hydrogens (tertiary/aromatic N) is 2. The molecule has 1 aromatic rings. The predicted octanol–water partition coefficient (Wildman–Crippen LogP) is 3.34. The molecule has 2 N–H and O–H groups in total. The summed E-state index contributed by atoms with van der Waals surface area (Å²) in [5.41, 5.74) is 4.87. The Morgan fingerprint density at radius 1 is 1.20 bits per heavy atom. The number of rotatable bonds is 4. The van der Waals surface area contributed by atoms with Crippen molar-refractivity contribution < 1.29 is 19.1 Å². The van der Waals surface area contributed by atoms with Gasteiger partial charge in [-0.15, -0.1) is 0 Å². The average Bonchev–Trinajstić information content (AvgIpc) is 2.44. The Kier molecular flexibility index (Phi) is 6.54. The molecule has 7 heteroatoms. The van der Waals surface area contributed by atoms with E-state index in [1.165, 1.54) is 0 Å². The van der Waals surface area contributed by atoms with E-state index in [4.69, 9.17) is 15.2 Å². The number of aromatic nitrogens is 1. The lowest BCUT2D eigenvalue weighted by Crippen LogP contribution is -2.50. The molecular weight excluding hydrogens is 322 g/mol. The number of ether oxygens (including phenoxy) is 2. The summed E-state index contributed by atoms with van der Waals surface area (Å²) >= 11 is 0. The van der Waals surface area contributed by atoms with Gasteiger partial charge in [0, 0.05) is 11.6 Å². The summed E-state index contributed by atoms with van der Waals surface area (Å²) in [4.78, 5) is 30.2. The highest BCUT2D eigenvalue weighted by Crippen LogP contribution is 2.22. The molecule has 0 aliphatic heterocycles. The number of amides is 2. The molecule has 1 atom stereocenters. The first-order valence-electron chi connectivity index (χ1n) is 8.20. The first-order valence-corrected chi connectivity index (χ1v) is 8.20. The Morgan fingerprint density at radius 3 is 2.24 bits per heavy atom. The van der Waals surface area contributed by atoms with Crippen LogP contribution in [0, 0.1) is 5.41 Å².